The van der Waals surface area contributed by atoms with Gasteiger partial charge in [0.2, 0.25) is 5.89 Å². The van der Waals surface area contributed by atoms with Crippen LogP contribution in [0.5, 0.6) is 0 Å². The van der Waals surface area contributed by atoms with E-state index in [4.69, 9.17) is 8.83 Å². The number of hydrogen-bond donors (Lipinski definition) is 1. The Kier molecular flexibility index (Phi) is 3.61. The molecule has 0 aliphatic carbocycles. The topological polar surface area (TPSA) is 67.3 Å². The Bertz CT molecular complexity index is 508. The van der Waals surface area contributed by atoms with Crippen LogP contribution in [-0.4, -0.2) is 41.3 Å². The number of nitrogens with zero attached hydrogens (tertiary/aromatic N) is 3. The van der Waals surface area contributed by atoms with Gasteiger partial charge in [0.1, 0.15) is 0 Å². The van der Waals surface area contributed by atoms with Crippen LogP contribution in [-0.2, 0) is 6.54 Å². The molecule has 0 spiro atoms. The van der Waals surface area contributed by atoms with Gasteiger partial charge in [0.15, 0.2) is 5.76 Å². The molecule has 0 amide bonds. The fourth-order valence-corrected chi connectivity index (χ4v) is 2.56. The maximum atomic E-state index is 5.64. The molecule has 102 valence electrons. The molecule has 0 bridgehead atoms. The molecule has 1 aliphatic rings. The van der Waals surface area contributed by atoms with Crippen molar-refractivity contribution in [2.45, 2.75) is 25.4 Å². The third-order valence-electron chi connectivity index (χ3n) is 3.48. The monoisotopic (exact) mass is 262 g/mol. The Hall–Kier alpha value is -1.66. The van der Waals surface area contributed by atoms with E-state index < -0.39 is 0 Å². The van der Waals surface area contributed by atoms with Crippen molar-refractivity contribution >= 4 is 0 Å². The van der Waals surface area contributed by atoms with Gasteiger partial charge in [0, 0.05) is 12.6 Å². The van der Waals surface area contributed by atoms with Gasteiger partial charge in [-0.15, -0.1) is 10.2 Å². The standard InChI is InChI=1S/C13H18N4O2/c1-14-8-10-4-2-6-17(10)9-12-15-16-13(19-12)11-5-3-7-18-11/h3,5,7,10,14H,2,4,6,8-9H2,1H3. The SMILES string of the molecule is CNCC1CCCN1Cc1nnc(-c2ccco2)o1. The predicted octanol–water partition coefficient (Wildman–Crippen LogP) is 1.51. The van der Waals surface area contributed by atoms with E-state index in [2.05, 4.69) is 20.4 Å². The van der Waals surface area contributed by atoms with Crippen LogP contribution < -0.4 is 5.32 Å². The smallest absolute Gasteiger partial charge is 0.283 e. The van der Waals surface area contributed by atoms with Crippen LogP contribution in [0, 0.1) is 0 Å². The van der Waals surface area contributed by atoms with Crippen molar-refractivity contribution in [1.29, 1.82) is 0 Å². The summed E-state index contributed by atoms with van der Waals surface area (Å²) in [6, 6.07) is 4.18. The first-order valence-electron chi connectivity index (χ1n) is 6.61. The molecule has 1 saturated heterocycles. The zero-order chi connectivity index (χ0) is 13.1. The van der Waals surface area contributed by atoms with Gasteiger partial charge in [-0.25, -0.2) is 0 Å². The third-order valence-corrected chi connectivity index (χ3v) is 3.48. The van der Waals surface area contributed by atoms with E-state index in [0.717, 1.165) is 13.1 Å². The van der Waals surface area contributed by atoms with Gasteiger partial charge in [-0.05, 0) is 38.6 Å². The van der Waals surface area contributed by atoms with Gasteiger partial charge in [-0.2, -0.15) is 0 Å². The average Bonchev–Trinajstić information content (AvgIpc) is 3.12. The number of likely N-dealkylation sites (N-methyl/N-ethyl adjacent to an activating group) is 1. The molecule has 2 aromatic rings. The molecular weight excluding hydrogens is 244 g/mol. The molecule has 1 atom stereocenters. The number of likely N-dealkylation sites (tertiary alicyclic amines) is 1. The fraction of sp³-hybridized carbons (Fsp3) is 0.538. The summed E-state index contributed by atoms with van der Waals surface area (Å²) in [5.74, 6) is 1.71. The van der Waals surface area contributed by atoms with E-state index in [9.17, 15) is 0 Å². The van der Waals surface area contributed by atoms with Crippen molar-refractivity contribution in [3.8, 4) is 11.7 Å². The quantitative estimate of drug-likeness (QED) is 0.881. The number of furan rings is 1. The minimum atomic E-state index is 0.448. The highest BCUT2D eigenvalue weighted by Crippen LogP contribution is 2.22. The molecule has 3 heterocycles. The molecule has 6 heteroatoms. The fourth-order valence-electron chi connectivity index (χ4n) is 2.56. The normalized spacial score (nSPS) is 20.2. The Morgan fingerprint density at radius 2 is 2.42 bits per heavy atom. The number of aromatic nitrogens is 2. The summed E-state index contributed by atoms with van der Waals surface area (Å²) in [6.45, 7) is 2.80. The minimum absolute atomic E-state index is 0.448. The summed E-state index contributed by atoms with van der Waals surface area (Å²) in [4.78, 5) is 2.38. The zero-order valence-corrected chi connectivity index (χ0v) is 11.0. The summed E-state index contributed by atoms with van der Waals surface area (Å²) >= 11 is 0. The van der Waals surface area contributed by atoms with Crippen LogP contribution in [0.1, 0.15) is 18.7 Å². The molecule has 1 N–H and O–H groups in total. The second-order valence-corrected chi connectivity index (χ2v) is 4.80. The highest BCUT2D eigenvalue weighted by Gasteiger charge is 2.25. The summed E-state index contributed by atoms with van der Waals surface area (Å²) in [5, 5.41) is 11.3. The molecule has 0 radical (unpaired) electrons. The summed E-state index contributed by atoms with van der Waals surface area (Å²) in [7, 11) is 1.98. The Morgan fingerprint density at radius 1 is 1.47 bits per heavy atom. The second kappa shape index (κ2) is 5.54. The van der Waals surface area contributed by atoms with Crippen LogP contribution in [0.25, 0.3) is 11.7 Å². The van der Waals surface area contributed by atoms with Gasteiger partial charge in [0.05, 0.1) is 12.8 Å². The molecule has 19 heavy (non-hydrogen) atoms. The molecule has 2 aromatic heterocycles. The number of nitrogens with one attached hydrogen (secondary N) is 1. The number of hydrogen-bond acceptors (Lipinski definition) is 6. The number of rotatable bonds is 5. The molecule has 1 unspecified atom stereocenters. The van der Waals surface area contributed by atoms with E-state index in [1.54, 1.807) is 6.26 Å². The maximum absolute atomic E-state index is 5.64. The lowest BCUT2D eigenvalue weighted by molar-refractivity contribution is 0.219. The Morgan fingerprint density at radius 3 is 3.21 bits per heavy atom. The van der Waals surface area contributed by atoms with Crippen LogP contribution in [0.15, 0.2) is 27.2 Å². The van der Waals surface area contributed by atoms with Gasteiger partial charge in [0.25, 0.3) is 5.89 Å². The molecular formula is C13H18N4O2. The first-order valence-corrected chi connectivity index (χ1v) is 6.61. The van der Waals surface area contributed by atoms with Crippen LogP contribution in [0.3, 0.4) is 0 Å². The van der Waals surface area contributed by atoms with E-state index in [-0.39, 0.29) is 0 Å². The van der Waals surface area contributed by atoms with Crippen molar-refractivity contribution in [3.05, 3.63) is 24.3 Å². The summed E-state index contributed by atoms with van der Waals surface area (Å²) in [5.41, 5.74) is 0. The van der Waals surface area contributed by atoms with Gasteiger partial charge >= 0.3 is 0 Å². The molecule has 3 rings (SSSR count). The minimum Gasteiger partial charge on any atom is -0.459 e. The van der Waals surface area contributed by atoms with Crippen molar-refractivity contribution < 1.29 is 8.83 Å². The van der Waals surface area contributed by atoms with Crippen LogP contribution in [0.2, 0.25) is 0 Å². The first kappa shape index (κ1) is 12.4. The lowest BCUT2D eigenvalue weighted by Crippen LogP contribution is -2.36. The zero-order valence-electron chi connectivity index (χ0n) is 11.0. The second-order valence-electron chi connectivity index (χ2n) is 4.80. The lowest BCUT2D eigenvalue weighted by atomic mass is 10.2. The largest absolute Gasteiger partial charge is 0.459 e. The van der Waals surface area contributed by atoms with E-state index in [0.29, 0.717) is 30.1 Å². The van der Waals surface area contributed by atoms with Crippen molar-refractivity contribution in [3.63, 3.8) is 0 Å². The molecule has 0 saturated carbocycles. The predicted molar refractivity (Wildman–Crippen MR) is 69.4 cm³/mol. The highest BCUT2D eigenvalue weighted by molar-refractivity contribution is 5.42. The van der Waals surface area contributed by atoms with Crippen LogP contribution >= 0.6 is 0 Å². The Balaban J connectivity index is 1.67. The van der Waals surface area contributed by atoms with Gasteiger partial charge in [-0.3, -0.25) is 4.90 Å². The van der Waals surface area contributed by atoms with Gasteiger partial charge in [-0.1, -0.05) is 0 Å². The summed E-state index contributed by atoms with van der Waals surface area (Å²) < 4.78 is 10.9. The van der Waals surface area contributed by atoms with E-state index >= 15 is 0 Å². The maximum Gasteiger partial charge on any atom is 0.283 e. The molecule has 0 aromatic carbocycles. The molecule has 1 fully saturated rings. The highest BCUT2D eigenvalue weighted by atomic mass is 16.4. The average molecular weight is 262 g/mol. The van der Waals surface area contributed by atoms with Gasteiger partial charge < -0.3 is 14.2 Å². The Labute approximate surface area is 111 Å². The first-order chi connectivity index (χ1) is 9.36. The lowest BCUT2D eigenvalue weighted by Gasteiger charge is -2.22. The molecule has 6 nitrogen and oxygen atoms in total. The van der Waals surface area contributed by atoms with Crippen molar-refractivity contribution in [1.82, 2.24) is 20.4 Å². The van der Waals surface area contributed by atoms with Crippen molar-refractivity contribution in [2.75, 3.05) is 20.1 Å². The third kappa shape index (κ3) is 2.69. The van der Waals surface area contributed by atoms with E-state index in [1.807, 2.05) is 19.2 Å². The summed E-state index contributed by atoms with van der Waals surface area (Å²) in [6.07, 6.45) is 4.05. The van der Waals surface area contributed by atoms with E-state index in [1.165, 1.54) is 12.8 Å². The van der Waals surface area contributed by atoms with Crippen LogP contribution in [0.4, 0.5) is 0 Å². The van der Waals surface area contributed by atoms with Crippen molar-refractivity contribution in [2.24, 2.45) is 0 Å². The molecule has 1 aliphatic heterocycles.